The lowest BCUT2D eigenvalue weighted by Gasteiger charge is -2.25. The second kappa shape index (κ2) is 6.91. The molecule has 1 aromatic rings. The number of hydrogen-bond acceptors (Lipinski definition) is 5. The van der Waals surface area contributed by atoms with Gasteiger partial charge in [-0.15, -0.1) is 24.0 Å². The molecule has 6 nitrogen and oxygen atoms in total. The van der Waals surface area contributed by atoms with Crippen molar-refractivity contribution in [2.24, 2.45) is 4.99 Å². The Bertz CT molecular complexity index is 414. The summed E-state index contributed by atoms with van der Waals surface area (Å²) in [5, 5.41) is 12.1. The van der Waals surface area contributed by atoms with E-state index in [1.54, 1.807) is 4.80 Å². The minimum absolute atomic E-state index is 0. The number of aryl methyl sites for hydroxylation is 2. The van der Waals surface area contributed by atoms with Gasteiger partial charge in [-0.3, -0.25) is 4.99 Å². The van der Waals surface area contributed by atoms with E-state index in [2.05, 4.69) is 32.5 Å². The zero-order valence-corrected chi connectivity index (χ0v) is 13.5. The smallest absolute Gasteiger partial charge is 0.193 e. The summed E-state index contributed by atoms with van der Waals surface area (Å²) in [4.78, 5) is 8.32. The normalized spacial score (nSPS) is 15.1. The fourth-order valence-corrected chi connectivity index (χ4v) is 1.84. The lowest BCUT2D eigenvalue weighted by Crippen LogP contribution is -2.41. The van der Waals surface area contributed by atoms with E-state index in [1.807, 2.05) is 13.8 Å². The summed E-state index contributed by atoms with van der Waals surface area (Å²) in [5.41, 5.74) is 1.98. The molecule has 2 rings (SSSR count). The number of halogens is 1. The van der Waals surface area contributed by atoms with Crippen LogP contribution in [-0.2, 0) is 13.1 Å². The van der Waals surface area contributed by atoms with Crippen molar-refractivity contribution in [2.75, 3.05) is 20.1 Å². The Morgan fingerprint density at radius 2 is 2.11 bits per heavy atom. The van der Waals surface area contributed by atoms with E-state index in [1.165, 1.54) is 0 Å². The first-order valence-corrected chi connectivity index (χ1v) is 6.10. The largest absolute Gasteiger partial charge is 0.350 e. The van der Waals surface area contributed by atoms with Crippen LogP contribution >= 0.6 is 24.0 Å². The van der Waals surface area contributed by atoms with Crippen molar-refractivity contribution in [3.63, 3.8) is 0 Å². The summed E-state index contributed by atoms with van der Waals surface area (Å²) in [6, 6.07) is 0. The summed E-state index contributed by atoms with van der Waals surface area (Å²) in [5.74, 6) is 0.960. The first-order chi connectivity index (χ1) is 8.20. The van der Waals surface area contributed by atoms with E-state index in [-0.39, 0.29) is 24.0 Å². The van der Waals surface area contributed by atoms with Crippen molar-refractivity contribution in [2.45, 2.75) is 33.4 Å². The minimum atomic E-state index is 0. The van der Waals surface area contributed by atoms with Crippen LogP contribution in [0.15, 0.2) is 4.99 Å². The van der Waals surface area contributed by atoms with E-state index in [0.29, 0.717) is 6.54 Å². The Morgan fingerprint density at radius 1 is 1.33 bits per heavy atom. The molecule has 0 bridgehead atoms. The Hall–Kier alpha value is -0.860. The van der Waals surface area contributed by atoms with Gasteiger partial charge in [-0.2, -0.15) is 15.0 Å². The van der Waals surface area contributed by atoms with Crippen LogP contribution in [0.5, 0.6) is 0 Å². The highest BCUT2D eigenvalue weighted by atomic mass is 127. The SMILES string of the molecule is CCn1nc(C)c(CNC2=NCCCN2C)n1.I. The monoisotopic (exact) mass is 364 g/mol. The lowest BCUT2D eigenvalue weighted by atomic mass is 10.3. The van der Waals surface area contributed by atoms with Gasteiger partial charge in [0, 0.05) is 20.1 Å². The van der Waals surface area contributed by atoms with Crippen molar-refractivity contribution in [3.05, 3.63) is 11.4 Å². The summed E-state index contributed by atoms with van der Waals surface area (Å²) in [6.45, 7) is 7.49. The van der Waals surface area contributed by atoms with E-state index >= 15 is 0 Å². The molecule has 1 aliphatic rings. The highest BCUT2D eigenvalue weighted by Gasteiger charge is 2.12. The van der Waals surface area contributed by atoms with Gasteiger partial charge >= 0.3 is 0 Å². The van der Waals surface area contributed by atoms with Crippen molar-refractivity contribution in [3.8, 4) is 0 Å². The van der Waals surface area contributed by atoms with Gasteiger partial charge in [-0.05, 0) is 20.3 Å². The Kier molecular flexibility index (Phi) is 5.83. The fraction of sp³-hybridized carbons (Fsp3) is 0.727. The maximum Gasteiger partial charge on any atom is 0.193 e. The molecule has 18 heavy (non-hydrogen) atoms. The lowest BCUT2D eigenvalue weighted by molar-refractivity contribution is 0.445. The third-order valence-corrected chi connectivity index (χ3v) is 2.89. The summed E-state index contributed by atoms with van der Waals surface area (Å²) in [6.07, 6.45) is 1.13. The Morgan fingerprint density at radius 3 is 2.72 bits per heavy atom. The van der Waals surface area contributed by atoms with Crippen LogP contribution in [0.4, 0.5) is 0 Å². The van der Waals surface area contributed by atoms with Crippen LogP contribution in [0.25, 0.3) is 0 Å². The number of hydrogen-bond donors (Lipinski definition) is 1. The van der Waals surface area contributed by atoms with Crippen molar-refractivity contribution < 1.29 is 0 Å². The molecule has 0 radical (unpaired) electrons. The minimum Gasteiger partial charge on any atom is -0.350 e. The van der Waals surface area contributed by atoms with Crippen LogP contribution < -0.4 is 5.32 Å². The summed E-state index contributed by atoms with van der Waals surface area (Å²) in [7, 11) is 2.06. The molecule has 7 heteroatoms. The standard InChI is InChI=1S/C11H20N6.HI/c1-4-17-14-9(2)10(15-17)8-13-11-12-6-5-7-16(11)3;/h4-8H2,1-3H3,(H,12,13);1H. The van der Waals surface area contributed by atoms with E-state index in [9.17, 15) is 0 Å². The first kappa shape index (κ1) is 15.2. The average Bonchev–Trinajstić information content (AvgIpc) is 2.69. The second-order valence-corrected chi connectivity index (χ2v) is 4.25. The molecule has 1 aliphatic heterocycles. The highest BCUT2D eigenvalue weighted by molar-refractivity contribution is 14.0. The number of aromatic nitrogens is 3. The summed E-state index contributed by atoms with van der Waals surface area (Å²) >= 11 is 0. The number of guanidine groups is 1. The molecule has 2 heterocycles. The van der Waals surface area contributed by atoms with E-state index in [4.69, 9.17) is 0 Å². The van der Waals surface area contributed by atoms with Gasteiger partial charge in [0.1, 0.15) is 5.69 Å². The summed E-state index contributed by atoms with van der Waals surface area (Å²) < 4.78 is 0. The van der Waals surface area contributed by atoms with Crippen LogP contribution in [0, 0.1) is 6.92 Å². The molecule has 1 N–H and O–H groups in total. The molecule has 0 amide bonds. The molecule has 102 valence electrons. The molecular weight excluding hydrogens is 343 g/mol. The van der Waals surface area contributed by atoms with Crippen molar-refractivity contribution in [1.29, 1.82) is 0 Å². The predicted octanol–water partition coefficient (Wildman–Crippen LogP) is 1.01. The second-order valence-electron chi connectivity index (χ2n) is 4.25. The number of nitrogens with one attached hydrogen (secondary N) is 1. The third-order valence-electron chi connectivity index (χ3n) is 2.89. The van der Waals surface area contributed by atoms with Crippen LogP contribution in [0.2, 0.25) is 0 Å². The molecule has 0 saturated heterocycles. The molecule has 1 aromatic heterocycles. The molecule has 0 aliphatic carbocycles. The highest BCUT2D eigenvalue weighted by Crippen LogP contribution is 2.02. The Balaban J connectivity index is 0.00000162. The van der Waals surface area contributed by atoms with Gasteiger partial charge in [0.15, 0.2) is 5.96 Å². The molecule has 0 fully saturated rings. The maximum atomic E-state index is 4.46. The zero-order chi connectivity index (χ0) is 12.3. The number of nitrogens with zero attached hydrogens (tertiary/aromatic N) is 5. The molecule has 0 atom stereocenters. The van der Waals surface area contributed by atoms with Gasteiger partial charge in [-0.25, -0.2) is 0 Å². The van der Waals surface area contributed by atoms with E-state index < -0.39 is 0 Å². The van der Waals surface area contributed by atoms with Crippen LogP contribution in [-0.4, -0.2) is 46.0 Å². The number of rotatable bonds is 3. The first-order valence-electron chi connectivity index (χ1n) is 6.10. The predicted molar refractivity (Wildman–Crippen MR) is 82.2 cm³/mol. The van der Waals surface area contributed by atoms with Gasteiger partial charge in [-0.1, -0.05) is 0 Å². The third kappa shape index (κ3) is 3.56. The molecule has 0 aromatic carbocycles. The van der Waals surface area contributed by atoms with Gasteiger partial charge in [0.2, 0.25) is 0 Å². The van der Waals surface area contributed by atoms with Crippen LogP contribution in [0.1, 0.15) is 24.7 Å². The molecule has 0 saturated carbocycles. The molecule has 0 spiro atoms. The van der Waals surface area contributed by atoms with Crippen molar-refractivity contribution >= 4 is 29.9 Å². The Labute approximate surface area is 125 Å². The van der Waals surface area contributed by atoms with Gasteiger partial charge < -0.3 is 10.2 Å². The van der Waals surface area contributed by atoms with Gasteiger partial charge in [0.25, 0.3) is 0 Å². The topological polar surface area (TPSA) is 58.3 Å². The zero-order valence-electron chi connectivity index (χ0n) is 11.2. The van der Waals surface area contributed by atoms with E-state index in [0.717, 1.165) is 43.4 Å². The molecule has 0 unspecified atom stereocenters. The fourth-order valence-electron chi connectivity index (χ4n) is 1.84. The van der Waals surface area contributed by atoms with Gasteiger partial charge in [0.05, 0.1) is 18.8 Å². The maximum absolute atomic E-state index is 4.46. The van der Waals surface area contributed by atoms with Crippen molar-refractivity contribution in [1.82, 2.24) is 25.2 Å². The molecular formula is C11H21IN6. The average molecular weight is 364 g/mol. The quantitative estimate of drug-likeness (QED) is 0.814. The number of aliphatic imine (C=N–C) groups is 1. The van der Waals surface area contributed by atoms with Crippen LogP contribution in [0.3, 0.4) is 0 Å².